The van der Waals surface area contributed by atoms with Gasteiger partial charge in [0.25, 0.3) is 0 Å². The van der Waals surface area contributed by atoms with Crippen LogP contribution < -0.4 is 15.4 Å². The van der Waals surface area contributed by atoms with Crippen molar-refractivity contribution >= 4 is 28.7 Å². The molecule has 0 heterocycles. The molecule has 3 aromatic rings. The van der Waals surface area contributed by atoms with Crippen LogP contribution in [0, 0.1) is 0 Å². The first-order chi connectivity index (χ1) is 13.4. The number of hydrogen-bond acceptors (Lipinski definition) is 2. The molecule has 0 amide bonds. The number of nitrogens with one attached hydrogen (secondary N) is 2. The summed E-state index contributed by atoms with van der Waals surface area (Å²) in [6, 6.07) is 21.8. The van der Waals surface area contributed by atoms with Crippen molar-refractivity contribution in [3.05, 3.63) is 90.0 Å². The first kappa shape index (κ1) is 19.7. The molecule has 0 aromatic heterocycles. The minimum Gasteiger partial charge on any atom is -0.489 e. The quantitative estimate of drug-likeness (QED) is 0.506. The van der Waals surface area contributed by atoms with Crippen molar-refractivity contribution < 1.29 is 17.9 Å². The molecule has 0 fully saturated rings. The Morgan fingerprint density at radius 1 is 0.821 bits per heavy atom. The van der Waals surface area contributed by atoms with Gasteiger partial charge < -0.3 is 15.4 Å². The van der Waals surface area contributed by atoms with E-state index in [-0.39, 0.29) is 10.8 Å². The second-order valence-electron chi connectivity index (χ2n) is 5.96. The normalized spacial score (nSPS) is 11.0. The molecule has 0 aliphatic rings. The third kappa shape index (κ3) is 5.72. The molecule has 0 unspecified atom stereocenters. The van der Waals surface area contributed by atoms with Crippen LogP contribution in [0.15, 0.2) is 78.9 Å². The second kappa shape index (κ2) is 8.75. The number of halogens is 3. The molecule has 28 heavy (non-hydrogen) atoms. The van der Waals surface area contributed by atoms with E-state index in [9.17, 15) is 13.2 Å². The van der Waals surface area contributed by atoms with Gasteiger partial charge in [-0.2, -0.15) is 13.2 Å². The average Bonchev–Trinajstić information content (AvgIpc) is 2.68. The number of alkyl halides is 3. The summed E-state index contributed by atoms with van der Waals surface area (Å²) in [5.74, 6) is 0.700. The molecule has 0 aliphatic carbocycles. The van der Waals surface area contributed by atoms with E-state index < -0.39 is 11.7 Å². The van der Waals surface area contributed by atoms with Crippen molar-refractivity contribution in [3.8, 4) is 5.75 Å². The molecule has 3 aromatic carbocycles. The summed E-state index contributed by atoms with van der Waals surface area (Å²) in [4.78, 5) is 0. The smallest absolute Gasteiger partial charge is 0.416 e. The molecule has 0 radical (unpaired) electrons. The lowest BCUT2D eigenvalue weighted by molar-refractivity contribution is -0.137. The van der Waals surface area contributed by atoms with Gasteiger partial charge in [-0.25, -0.2) is 0 Å². The van der Waals surface area contributed by atoms with Gasteiger partial charge in [0.15, 0.2) is 5.11 Å². The largest absolute Gasteiger partial charge is 0.489 e. The molecular formula is C21H17F3N2OS. The number of thiocarbonyl (C=S) groups is 1. The minimum absolute atomic E-state index is 0.192. The maximum Gasteiger partial charge on any atom is 0.416 e. The first-order valence-corrected chi connectivity index (χ1v) is 8.83. The van der Waals surface area contributed by atoms with Gasteiger partial charge in [-0.3, -0.25) is 0 Å². The van der Waals surface area contributed by atoms with Gasteiger partial charge in [-0.05, 0) is 60.2 Å². The van der Waals surface area contributed by atoms with Crippen LogP contribution in [0.2, 0.25) is 0 Å². The molecule has 3 nitrogen and oxygen atoms in total. The third-order valence-electron chi connectivity index (χ3n) is 3.81. The fourth-order valence-electron chi connectivity index (χ4n) is 2.44. The lowest BCUT2D eigenvalue weighted by atomic mass is 10.2. The van der Waals surface area contributed by atoms with Crippen LogP contribution in [0.4, 0.5) is 24.5 Å². The summed E-state index contributed by atoms with van der Waals surface area (Å²) in [7, 11) is 0. The number of rotatable bonds is 5. The molecular weight excluding hydrogens is 385 g/mol. The Bertz CT molecular complexity index is 928. The highest BCUT2D eigenvalue weighted by molar-refractivity contribution is 7.80. The van der Waals surface area contributed by atoms with Gasteiger partial charge in [0.1, 0.15) is 12.4 Å². The van der Waals surface area contributed by atoms with Crippen molar-refractivity contribution in [3.63, 3.8) is 0 Å². The lowest BCUT2D eigenvalue weighted by Crippen LogP contribution is -2.19. The van der Waals surface area contributed by atoms with E-state index in [0.29, 0.717) is 18.0 Å². The molecule has 144 valence electrons. The van der Waals surface area contributed by atoms with E-state index >= 15 is 0 Å². The Morgan fingerprint density at radius 3 is 2.18 bits per heavy atom. The number of hydrogen-bond donors (Lipinski definition) is 2. The van der Waals surface area contributed by atoms with Crippen LogP contribution in [-0.4, -0.2) is 5.11 Å². The standard InChI is InChI=1S/C21H17F3N2OS/c22-21(23,24)16-7-4-8-18(13-16)26-20(28)25-17-9-11-19(12-10-17)27-14-15-5-2-1-3-6-15/h1-13H,14H2,(H2,25,26,28). The van der Waals surface area contributed by atoms with Crippen molar-refractivity contribution in [1.82, 2.24) is 0 Å². The fourth-order valence-corrected chi connectivity index (χ4v) is 2.68. The number of ether oxygens (including phenoxy) is 1. The Balaban J connectivity index is 1.54. The van der Waals surface area contributed by atoms with Gasteiger partial charge in [0, 0.05) is 11.4 Å². The maximum atomic E-state index is 12.8. The van der Waals surface area contributed by atoms with E-state index in [1.165, 1.54) is 12.1 Å². The average molecular weight is 402 g/mol. The minimum atomic E-state index is -4.40. The fraction of sp³-hybridized carbons (Fsp3) is 0.0952. The van der Waals surface area contributed by atoms with E-state index in [2.05, 4.69) is 10.6 Å². The van der Waals surface area contributed by atoms with Gasteiger partial charge >= 0.3 is 6.18 Å². The van der Waals surface area contributed by atoms with E-state index in [1.807, 2.05) is 30.3 Å². The van der Waals surface area contributed by atoms with Gasteiger partial charge in [-0.1, -0.05) is 36.4 Å². The monoisotopic (exact) mass is 402 g/mol. The van der Waals surface area contributed by atoms with Gasteiger partial charge in [0.2, 0.25) is 0 Å². The molecule has 0 atom stereocenters. The van der Waals surface area contributed by atoms with Crippen molar-refractivity contribution in [1.29, 1.82) is 0 Å². The van der Waals surface area contributed by atoms with Crippen LogP contribution >= 0.6 is 12.2 Å². The molecule has 0 bridgehead atoms. The second-order valence-corrected chi connectivity index (χ2v) is 6.36. The van der Waals surface area contributed by atoms with Crippen LogP contribution in [0.1, 0.15) is 11.1 Å². The molecule has 0 saturated carbocycles. The first-order valence-electron chi connectivity index (χ1n) is 8.42. The summed E-state index contributed by atoms with van der Waals surface area (Å²) in [6.45, 7) is 0.461. The third-order valence-corrected chi connectivity index (χ3v) is 4.01. The van der Waals surface area contributed by atoms with Crippen LogP contribution in [0.25, 0.3) is 0 Å². The number of anilines is 2. The van der Waals surface area contributed by atoms with E-state index in [0.717, 1.165) is 17.7 Å². The molecule has 0 saturated heterocycles. The molecule has 7 heteroatoms. The summed E-state index contributed by atoms with van der Waals surface area (Å²) in [5, 5.41) is 5.88. The van der Waals surface area contributed by atoms with Crippen molar-refractivity contribution in [2.75, 3.05) is 10.6 Å². The lowest BCUT2D eigenvalue weighted by Gasteiger charge is -2.13. The van der Waals surface area contributed by atoms with E-state index in [1.54, 1.807) is 24.3 Å². The number of benzene rings is 3. The van der Waals surface area contributed by atoms with E-state index in [4.69, 9.17) is 17.0 Å². The van der Waals surface area contributed by atoms with Crippen molar-refractivity contribution in [2.45, 2.75) is 12.8 Å². The molecule has 0 spiro atoms. The highest BCUT2D eigenvalue weighted by atomic mass is 32.1. The van der Waals surface area contributed by atoms with Crippen LogP contribution in [0.3, 0.4) is 0 Å². The molecule has 3 rings (SSSR count). The zero-order valence-corrected chi connectivity index (χ0v) is 15.5. The van der Waals surface area contributed by atoms with Crippen LogP contribution in [-0.2, 0) is 12.8 Å². The topological polar surface area (TPSA) is 33.3 Å². The highest BCUT2D eigenvalue weighted by Gasteiger charge is 2.30. The Morgan fingerprint density at radius 2 is 1.50 bits per heavy atom. The molecule has 0 aliphatic heterocycles. The van der Waals surface area contributed by atoms with Crippen molar-refractivity contribution in [2.24, 2.45) is 0 Å². The summed E-state index contributed by atoms with van der Waals surface area (Å²) < 4.78 is 44.0. The molecule has 2 N–H and O–H groups in total. The zero-order chi connectivity index (χ0) is 20.0. The van der Waals surface area contributed by atoms with Gasteiger partial charge in [-0.15, -0.1) is 0 Å². The Hall–Kier alpha value is -3.06. The predicted octanol–water partition coefficient (Wildman–Crippen LogP) is 6.09. The Kier molecular flexibility index (Phi) is 6.16. The SMILES string of the molecule is FC(F)(F)c1cccc(NC(=S)Nc2ccc(OCc3ccccc3)cc2)c1. The summed E-state index contributed by atoms with van der Waals surface area (Å²) in [6.07, 6.45) is -4.40. The van der Waals surface area contributed by atoms with Crippen LogP contribution in [0.5, 0.6) is 5.75 Å². The zero-order valence-electron chi connectivity index (χ0n) is 14.7. The Labute approximate surface area is 166 Å². The van der Waals surface area contributed by atoms with Gasteiger partial charge in [0.05, 0.1) is 5.56 Å². The highest BCUT2D eigenvalue weighted by Crippen LogP contribution is 2.30. The summed E-state index contributed by atoms with van der Waals surface area (Å²) >= 11 is 5.17. The summed E-state index contributed by atoms with van der Waals surface area (Å²) in [5.41, 5.74) is 1.28. The maximum absolute atomic E-state index is 12.8. The predicted molar refractivity (Wildman–Crippen MR) is 109 cm³/mol.